The summed E-state index contributed by atoms with van der Waals surface area (Å²) in [6.07, 6.45) is 0.311. The van der Waals surface area contributed by atoms with Gasteiger partial charge in [-0.25, -0.2) is 0 Å². The lowest BCUT2D eigenvalue weighted by Crippen LogP contribution is -2.69. The topological polar surface area (TPSA) is 15.7 Å². The highest BCUT2D eigenvalue weighted by Crippen LogP contribution is 2.45. The molecule has 2 aromatic carbocycles. The first-order valence-electron chi connectivity index (χ1n) is 10.1. The van der Waals surface area contributed by atoms with Crippen molar-refractivity contribution in [3.8, 4) is 0 Å². The van der Waals surface area contributed by atoms with Gasteiger partial charge in [-0.2, -0.15) is 0 Å². The van der Waals surface area contributed by atoms with Crippen molar-refractivity contribution >= 4 is 0 Å². The molecular formula is C24H32N2O. The molecule has 0 saturated carbocycles. The number of rotatable bonds is 4. The van der Waals surface area contributed by atoms with E-state index in [2.05, 4.69) is 98.2 Å². The maximum atomic E-state index is 6.77. The molecule has 0 N–H and O–H groups in total. The zero-order valence-corrected chi connectivity index (χ0v) is 17.1. The Morgan fingerprint density at radius 2 is 1.07 bits per heavy atom. The summed E-state index contributed by atoms with van der Waals surface area (Å²) in [4.78, 5) is 5.09. The van der Waals surface area contributed by atoms with Crippen molar-refractivity contribution in [1.29, 1.82) is 0 Å². The van der Waals surface area contributed by atoms with Crippen molar-refractivity contribution in [2.24, 2.45) is 10.8 Å². The SMILES string of the molecule is CC1(C)CN(Cc2ccccc2)C2OC1N(Cc1ccccc1)CC2(C)C. The molecule has 2 saturated heterocycles. The highest BCUT2D eigenvalue weighted by Gasteiger charge is 2.53. The average Bonchev–Trinajstić information content (AvgIpc) is 2.61. The van der Waals surface area contributed by atoms with Crippen molar-refractivity contribution in [2.45, 2.75) is 53.2 Å². The molecule has 3 heteroatoms. The molecule has 3 nitrogen and oxygen atoms in total. The lowest BCUT2D eigenvalue weighted by molar-refractivity contribution is -0.314. The van der Waals surface area contributed by atoms with Gasteiger partial charge in [-0.3, -0.25) is 9.80 Å². The Balaban J connectivity index is 1.57. The predicted molar refractivity (Wildman–Crippen MR) is 110 cm³/mol. The van der Waals surface area contributed by atoms with E-state index in [9.17, 15) is 0 Å². The molecule has 2 bridgehead atoms. The van der Waals surface area contributed by atoms with Gasteiger partial charge in [-0.15, -0.1) is 0 Å². The fourth-order valence-electron chi connectivity index (χ4n) is 4.93. The summed E-state index contributed by atoms with van der Waals surface area (Å²) in [6.45, 7) is 13.4. The van der Waals surface area contributed by atoms with Crippen LogP contribution in [-0.4, -0.2) is 35.3 Å². The highest BCUT2D eigenvalue weighted by atomic mass is 16.5. The molecule has 2 aromatic rings. The van der Waals surface area contributed by atoms with Crippen LogP contribution < -0.4 is 0 Å². The number of ether oxygens (including phenoxy) is 1. The maximum Gasteiger partial charge on any atom is 0.119 e. The zero-order chi connectivity index (χ0) is 19.1. The van der Waals surface area contributed by atoms with Crippen LogP contribution in [0.25, 0.3) is 0 Å². The van der Waals surface area contributed by atoms with Crippen LogP contribution >= 0.6 is 0 Å². The maximum absolute atomic E-state index is 6.77. The van der Waals surface area contributed by atoms with Crippen LogP contribution in [0.1, 0.15) is 38.8 Å². The molecule has 2 unspecified atom stereocenters. The first-order valence-corrected chi connectivity index (χ1v) is 10.1. The number of benzene rings is 2. The van der Waals surface area contributed by atoms with Crippen molar-refractivity contribution in [2.75, 3.05) is 13.1 Å². The normalized spacial score (nSPS) is 27.4. The van der Waals surface area contributed by atoms with E-state index in [1.165, 1.54) is 11.1 Å². The Bertz CT molecular complexity index is 691. The van der Waals surface area contributed by atoms with E-state index in [0.717, 1.165) is 26.2 Å². The molecule has 0 spiro atoms. The standard InChI is InChI=1S/C24H32N2O/c1-23(2)17-25(15-19-11-7-5-8-12-19)22-24(3,4)18-26(21(23)27-22)16-20-13-9-6-10-14-20/h5-14,21-22H,15-18H2,1-4H3. The smallest absolute Gasteiger partial charge is 0.119 e. The van der Waals surface area contributed by atoms with Gasteiger partial charge in [0.05, 0.1) is 0 Å². The van der Waals surface area contributed by atoms with Gasteiger partial charge >= 0.3 is 0 Å². The van der Waals surface area contributed by atoms with Crippen LogP contribution in [0.15, 0.2) is 60.7 Å². The van der Waals surface area contributed by atoms with Crippen LogP contribution in [0.2, 0.25) is 0 Å². The lowest BCUT2D eigenvalue weighted by atomic mass is 9.78. The highest BCUT2D eigenvalue weighted by molar-refractivity contribution is 5.17. The molecule has 2 atom stereocenters. The molecule has 2 aliphatic heterocycles. The van der Waals surface area contributed by atoms with Gasteiger partial charge in [0.1, 0.15) is 12.5 Å². The summed E-state index contributed by atoms with van der Waals surface area (Å²) >= 11 is 0. The Hall–Kier alpha value is -1.68. The van der Waals surface area contributed by atoms with Crippen molar-refractivity contribution in [3.63, 3.8) is 0 Å². The van der Waals surface area contributed by atoms with E-state index in [1.54, 1.807) is 0 Å². The quantitative estimate of drug-likeness (QED) is 0.779. The average molecular weight is 365 g/mol. The molecule has 144 valence electrons. The Morgan fingerprint density at radius 1 is 0.704 bits per heavy atom. The van der Waals surface area contributed by atoms with Gasteiger partial charge < -0.3 is 4.74 Å². The minimum absolute atomic E-state index is 0.0799. The monoisotopic (exact) mass is 364 g/mol. The van der Waals surface area contributed by atoms with Crippen molar-refractivity contribution in [3.05, 3.63) is 71.8 Å². The van der Waals surface area contributed by atoms with Gasteiger partial charge in [0.2, 0.25) is 0 Å². The van der Waals surface area contributed by atoms with Crippen LogP contribution in [0.4, 0.5) is 0 Å². The Kier molecular flexibility index (Phi) is 4.87. The summed E-state index contributed by atoms with van der Waals surface area (Å²) in [5, 5.41) is 0. The number of nitrogens with zero attached hydrogens (tertiary/aromatic N) is 2. The molecule has 0 aromatic heterocycles. The van der Waals surface area contributed by atoms with E-state index in [4.69, 9.17) is 4.74 Å². The molecule has 0 aliphatic carbocycles. The number of hydrogen-bond donors (Lipinski definition) is 0. The second-order valence-electron chi connectivity index (χ2n) is 9.60. The lowest BCUT2D eigenvalue weighted by Gasteiger charge is -2.60. The van der Waals surface area contributed by atoms with Gasteiger partial charge in [-0.05, 0) is 11.1 Å². The molecule has 0 amide bonds. The van der Waals surface area contributed by atoms with Gasteiger partial charge in [0.25, 0.3) is 0 Å². The minimum atomic E-state index is 0.0799. The molecule has 4 rings (SSSR count). The Labute approximate surface area is 163 Å². The molecule has 2 heterocycles. The zero-order valence-electron chi connectivity index (χ0n) is 17.1. The third kappa shape index (κ3) is 3.82. The number of fused-ring (bicyclic) bond motifs is 2. The van der Waals surface area contributed by atoms with E-state index >= 15 is 0 Å². The molecule has 2 aliphatic rings. The van der Waals surface area contributed by atoms with Crippen molar-refractivity contribution < 1.29 is 4.74 Å². The fourth-order valence-corrected chi connectivity index (χ4v) is 4.93. The van der Waals surface area contributed by atoms with Crippen molar-refractivity contribution in [1.82, 2.24) is 9.80 Å². The third-order valence-electron chi connectivity index (χ3n) is 5.94. The summed E-state index contributed by atoms with van der Waals surface area (Å²) in [7, 11) is 0. The second-order valence-corrected chi connectivity index (χ2v) is 9.60. The second kappa shape index (κ2) is 7.05. The van der Waals surface area contributed by atoms with Gasteiger partial charge in [0.15, 0.2) is 0 Å². The van der Waals surface area contributed by atoms with Crippen LogP contribution in [0.5, 0.6) is 0 Å². The third-order valence-corrected chi connectivity index (χ3v) is 5.94. The van der Waals surface area contributed by atoms with E-state index < -0.39 is 0 Å². The first kappa shape index (κ1) is 18.7. The largest absolute Gasteiger partial charge is 0.344 e. The summed E-state index contributed by atoms with van der Waals surface area (Å²) in [6, 6.07) is 21.6. The Morgan fingerprint density at radius 3 is 1.44 bits per heavy atom. The van der Waals surface area contributed by atoms with E-state index in [-0.39, 0.29) is 23.3 Å². The minimum Gasteiger partial charge on any atom is -0.344 e. The summed E-state index contributed by atoms with van der Waals surface area (Å²) < 4.78 is 6.77. The predicted octanol–water partition coefficient (Wildman–Crippen LogP) is 4.74. The molecular weight excluding hydrogens is 332 g/mol. The molecule has 0 radical (unpaired) electrons. The number of hydrogen-bond acceptors (Lipinski definition) is 3. The van der Waals surface area contributed by atoms with E-state index in [1.807, 2.05) is 0 Å². The van der Waals surface area contributed by atoms with Gasteiger partial charge in [0, 0.05) is 37.0 Å². The van der Waals surface area contributed by atoms with Gasteiger partial charge in [-0.1, -0.05) is 88.4 Å². The van der Waals surface area contributed by atoms with Crippen LogP contribution in [0.3, 0.4) is 0 Å². The van der Waals surface area contributed by atoms with Crippen LogP contribution in [0, 0.1) is 10.8 Å². The summed E-state index contributed by atoms with van der Waals surface area (Å²) in [5.41, 5.74) is 2.88. The fraction of sp³-hybridized carbons (Fsp3) is 0.500. The first-order chi connectivity index (χ1) is 12.9. The van der Waals surface area contributed by atoms with E-state index in [0.29, 0.717) is 0 Å². The molecule has 2 fully saturated rings. The summed E-state index contributed by atoms with van der Waals surface area (Å²) in [5.74, 6) is 0. The van der Waals surface area contributed by atoms with Crippen LogP contribution in [-0.2, 0) is 17.8 Å². The molecule has 27 heavy (non-hydrogen) atoms.